The molecule has 128 valence electrons. The van der Waals surface area contributed by atoms with E-state index >= 15 is 0 Å². The Morgan fingerprint density at radius 3 is 2.38 bits per heavy atom. The van der Waals surface area contributed by atoms with Gasteiger partial charge in [0.1, 0.15) is 11.6 Å². The molecule has 1 heterocycles. The van der Waals surface area contributed by atoms with E-state index in [9.17, 15) is 19.1 Å². The number of pyridine rings is 1. The van der Waals surface area contributed by atoms with E-state index in [0.717, 1.165) is 5.56 Å². The molecule has 4 nitrogen and oxygen atoms in total. The topological polar surface area (TPSA) is 70.2 Å². The summed E-state index contributed by atoms with van der Waals surface area (Å²) in [6.07, 6.45) is 0.833. The minimum absolute atomic E-state index is 0.00464. The molecule has 2 N–H and O–H groups in total. The molecule has 3 atom stereocenters. The van der Waals surface area contributed by atoms with Gasteiger partial charge in [0.2, 0.25) is 5.56 Å². The van der Waals surface area contributed by atoms with Crippen LogP contribution in [0.3, 0.4) is 0 Å². The molecule has 2 aromatic rings. The van der Waals surface area contributed by atoms with Gasteiger partial charge in [0.25, 0.3) is 0 Å². The number of rotatable bonds is 7. The number of carbonyl (C=O) groups is 1. The second-order valence-corrected chi connectivity index (χ2v) is 6.88. The Balaban J connectivity index is 2.05. The first-order valence-corrected chi connectivity index (χ1v) is 8.67. The van der Waals surface area contributed by atoms with Crippen LogP contribution in [0, 0.1) is 5.82 Å². The predicted molar refractivity (Wildman–Crippen MR) is 93.8 cm³/mol. The van der Waals surface area contributed by atoms with Crippen molar-refractivity contribution in [3.8, 4) is 0 Å². The Hall–Kier alpha value is -1.92. The van der Waals surface area contributed by atoms with Gasteiger partial charge in [-0.05, 0) is 30.2 Å². The number of halogens is 1. The number of aromatic amines is 1. The lowest BCUT2D eigenvalue weighted by atomic mass is 9.97. The molecule has 2 rings (SSSR count). The molecule has 24 heavy (non-hydrogen) atoms. The average Bonchev–Trinajstić information content (AvgIpc) is 2.55. The quantitative estimate of drug-likeness (QED) is 0.806. The van der Waals surface area contributed by atoms with E-state index < -0.39 is 6.10 Å². The van der Waals surface area contributed by atoms with Crippen molar-refractivity contribution < 1.29 is 14.3 Å². The first-order chi connectivity index (χ1) is 11.4. The van der Waals surface area contributed by atoms with Crippen molar-refractivity contribution >= 4 is 17.5 Å². The van der Waals surface area contributed by atoms with Crippen molar-refractivity contribution in [3.05, 3.63) is 69.9 Å². The van der Waals surface area contributed by atoms with Gasteiger partial charge in [-0.15, -0.1) is 11.8 Å². The predicted octanol–water partition coefficient (Wildman–Crippen LogP) is 3.04. The highest BCUT2D eigenvalue weighted by atomic mass is 32.2. The van der Waals surface area contributed by atoms with Crippen LogP contribution in [0.1, 0.15) is 37.0 Å². The number of hydrogen-bond donors (Lipinski definition) is 2. The first-order valence-electron chi connectivity index (χ1n) is 7.62. The van der Waals surface area contributed by atoms with Gasteiger partial charge in [-0.1, -0.05) is 25.1 Å². The van der Waals surface area contributed by atoms with Gasteiger partial charge >= 0.3 is 0 Å². The molecule has 3 unspecified atom stereocenters. The van der Waals surface area contributed by atoms with E-state index in [1.807, 2.05) is 6.92 Å². The summed E-state index contributed by atoms with van der Waals surface area (Å²) in [6, 6.07) is 8.81. The molecule has 0 amide bonds. The Kier molecular flexibility index (Phi) is 6.34. The summed E-state index contributed by atoms with van der Waals surface area (Å²) in [5.74, 6) is -0.134. The van der Waals surface area contributed by atoms with Crippen LogP contribution in [0.5, 0.6) is 0 Å². The molecule has 0 aliphatic rings. The van der Waals surface area contributed by atoms with Crippen LogP contribution in [0.2, 0.25) is 0 Å². The number of aromatic nitrogens is 1. The number of thioether (sulfide) groups is 1. The Morgan fingerprint density at radius 2 is 1.83 bits per heavy atom. The molecular formula is C18H20FNO3S. The third-order valence-electron chi connectivity index (χ3n) is 3.88. The summed E-state index contributed by atoms with van der Waals surface area (Å²) in [5.41, 5.74) is 1.28. The molecule has 0 fully saturated rings. The smallest absolute Gasteiger partial charge is 0.247 e. The van der Waals surface area contributed by atoms with Crippen LogP contribution in [-0.2, 0) is 4.79 Å². The number of aliphatic hydroxyl groups is 1. The van der Waals surface area contributed by atoms with Crippen molar-refractivity contribution in [3.63, 3.8) is 0 Å². The second-order valence-electron chi connectivity index (χ2n) is 5.71. The van der Waals surface area contributed by atoms with Crippen molar-refractivity contribution in [2.75, 3.05) is 5.75 Å². The van der Waals surface area contributed by atoms with Gasteiger partial charge in [-0.25, -0.2) is 4.39 Å². The van der Waals surface area contributed by atoms with E-state index in [-0.39, 0.29) is 28.3 Å². The average molecular weight is 349 g/mol. The van der Waals surface area contributed by atoms with E-state index in [1.165, 1.54) is 49.0 Å². The molecule has 1 aromatic carbocycles. The van der Waals surface area contributed by atoms with Crippen LogP contribution in [0.25, 0.3) is 0 Å². The maximum Gasteiger partial charge on any atom is 0.247 e. The Bertz CT molecular complexity index is 724. The zero-order valence-electron chi connectivity index (χ0n) is 13.5. The lowest BCUT2D eigenvalue weighted by molar-refractivity contribution is -0.116. The molecule has 1 aromatic heterocycles. The standard InChI is InChI=1S/C18H20FNO3S/c1-11(14-5-8-17(23)20-9-14)18(12(2)21)24-10-16(22)13-3-6-15(19)7-4-13/h3-9,11,16,18,22H,10H2,1-2H3,(H,20,23). The molecule has 0 radical (unpaired) electrons. The van der Waals surface area contributed by atoms with Crippen molar-refractivity contribution in [1.29, 1.82) is 0 Å². The molecule has 0 saturated carbocycles. The van der Waals surface area contributed by atoms with Gasteiger partial charge in [-0.3, -0.25) is 9.59 Å². The van der Waals surface area contributed by atoms with Crippen LogP contribution in [-0.4, -0.2) is 26.9 Å². The highest BCUT2D eigenvalue weighted by molar-refractivity contribution is 8.00. The molecule has 0 aliphatic heterocycles. The highest BCUT2D eigenvalue weighted by Gasteiger charge is 2.25. The van der Waals surface area contributed by atoms with Crippen molar-refractivity contribution in [1.82, 2.24) is 4.98 Å². The maximum atomic E-state index is 12.9. The van der Waals surface area contributed by atoms with Crippen LogP contribution >= 0.6 is 11.8 Å². The SMILES string of the molecule is CC(=O)C(SCC(O)c1ccc(F)cc1)C(C)c1ccc(=O)[nH]c1. The third kappa shape index (κ3) is 4.79. The number of nitrogens with one attached hydrogen (secondary N) is 1. The fourth-order valence-corrected chi connectivity index (χ4v) is 3.73. The van der Waals surface area contributed by atoms with Crippen LogP contribution in [0.15, 0.2) is 47.4 Å². The largest absolute Gasteiger partial charge is 0.388 e. The number of Topliss-reactive ketones (excluding diaryl/α,β-unsaturated/α-hetero) is 1. The Labute approximate surface area is 144 Å². The van der Waals surface area contributed by atoms with Gasteiger partial charge in [0.05, 0.1) is 11.4 Å². The molecule has 0 aliphatic carbocycles. The summed E-state index contributed by atoms with van der Waals surface area (Å²) in [7, 11) is 0. The number of benzene rings is 1. The molecule has 6 heteroatoms. The van der Waals surface area contributed by atoms with Crippen molar-refractivity contribution in [2.45, 2.75) is 31.1 Å². The zero-order chi connectivity index (χ0) is 17.7. The summed E-state index contributed by atoms with van der Waals surface area (Å²) < 4.78 is 12.9. The van der Waals surface area contributed by atoms with Crippen LogP contribution < -0.4 is 5.56 Å². The van der Waals surface area contributed by atoms with Crippen LogP contribution in [0.4, 0.5) is 4.39 Å². The fraction of sp³-hybridized carbons (Fsp3) is 0.333. The van der Waals surface area contributed by atoms with E-state index in [0.29, 0.717) is 11.3 Å². The number of carbonyl (C=O) groups excluding carboxylic acids is 1. The normalized spacial score (nSPS) is 14.8. The number of ketones is 1. The van der Waals surface area contributed by atoms with E-state index in [4.69, 9.17) is 0 Å². The highest BCUT2D eigenvalue weighted by Crippen LogP contribution is 2.31. The maximum absolute atomic E-state index is 12.9. The molecule has 0 bridgehead atoms. The fourth-order valence-electron chi connectivity index (χ4n) is 2.47. The number of aliphatic hydroxyl groups excluding tert-OH is 1. The Morgan fingerprint density at radius 1 is 1.21 bits per heavy atom. The van der Waals surface area contributed by atoms with Gasteiger partial charge in [-0.2, -0.15) is 0 Å². The molecule has 0 saturated heterocycles. The summed E-state index contributed by atoms with van der Waals surface area (Å²) >= 11 is 1.36. The van der Waals surface area contributed by atoms with Crippen molar-refractivity contribution in [2.24, 2.45) is 0 Å². The molecular weight excluding hydrogens is 329 g/mol. The minimum atomic E-state index is -0.778. The van der Waals surface area contributed by atoms with Gasteiger partial charge < -0.3 is 10.1 Å². The second kappa shape index (κ2) is 8.26. The summed E-state index contributed by atoms with van der Waals surface area (Å²) in [4.78, 5) is 25.8. The minimum Gasteiger partial charge on any atom is -0.388 e. The third-order valence-corrected chi connectivity index (χ3v) is 5.48. The van der Waals surface area contributed by atoms with E-state index in [1.54, 1.807) is 12.3 Å². The lowest BCUT2D eigenvalue weighted by Gasteiger charge is -2.22. The van der Waals surface area contributed by atoms with Gasteiger partial charge in [0, 0.05) is 23.9 Å². The van der Waals surface area contributed by atoms with Gasteiger partial charge in [0.15, 0.2) is 0 Å². The summed E-state index contributed by atoms with van der Waals surface area (Å²) in [5, 5.41) is 9.89. The van der Waals surface area contributed by atoms with E-state index in [2.05, 4.69) is 4.98 Å². The lowest BCUT2D eigenvalue weighted by Crippen LogP contribution is -2.23. The molecule has 0 spiro atoms. The zero-order valence-corrected chi connectivity index (χ0v) is 14.3. The number of H-pyrrole nitrogens is 1. The summed E-state index contributed by atoms with van der Waals surface area (Å²) in [6.45, 7) is 3.43. The monoisotopic (exact) mass is 349 g/mol. The number of hydrogen-bond acceptors (Lipinski definition) is 4. The first kappa shape index (κ1) is 18.4.